The van der Waals surface area contributed by atoms with E-state index in [1.54, 1.807) is 20.8 Å². The number of halogens is 4. The molecule has 0 saturated heterocycles. The largest absolute Gasteiger partial charge is 0.469 e. The predicted molar refractivity (Wildman–Crippen MR) is 104 cm³/mol. The molecule has 1 N–H and O–H groups in total. The van der Waals surface area contributed by atoms with Crippen molar-refractivity contribution < 1.29 is 51.5 Å². The molecule has 2 unspecified atom stereocenters. The zero-order chi connectivity index (χ0) is 24.4. The van der Waals surface area contributed by atoms with E-state index in [4.69, 9.17) is 5.11 Å². The molecule has 182 valence electrons. The molecule has 7 nitrogen and oxygen atoms in total. The first-order valence-corrected chi connectivity index (χ1v) is 9.62. The molecule has 0 aliphatic heterocycles. The minimum absolute atomic E-state index is 0.159. The fraction of sp³-hybridized carbons (Fsp3) is 0.700. The summed E-state index contributed by atoms with van der Waals surface area (Å²) in [5.41, 5.74) is 0. The highest BCUT2D eigenvalue weighted by molar-refractivity contribution is 5.72. The minimum Gasteiger partial charge on any atom is -0.469 e. The Morgan fingerprint density at radius 2 is 1.19 bits per heavy atom. The van der Waals surface area contributed by atoms with Crippen LogP contribution in [-0.2, 0) is 28.8 Å². The van der Waals surface area contributed by atoms with E-state index < -0.39 is 60.3 Å². The van der Waals surface area contributed by atoms with E-state index in [1.807, 2.05) is 0 Å². The van der Waals surface area contributed by atoms with Crippen molar-refractivity contribution in [3.63, 3.8) is 0 Å². The maximum atomic E-state index is 13.2. The SMILES string of the molecule is CCOOCC(F)=C(F)CCC(C)C(=O)OC.COC(=O)C(C)CCC(F)=C(F)CO. The number of aliphatic hydroxyl groups excluding tert-OH is 1. The lowest BCUT2D eigenvalue weighted by Crippen LogP contribution is -2.12. The molecule has 0 spiro atoms. The standard InChI is InChI=1S/C11H18F2O4.C9H14F2O3/c1-4-16-17-7-10(13)9(12)6-5-8(2)11(14)15-3;1-6(9(13)14-2)3-4-7(10)8(11)5-12/h8H,4-7H2,1-3H3;6,12H,3-5H2,1-2H3. The molecule has 0 heterocycles. The third-order valence-corrected chi connectivity index (χ3v) is 3.92. The Morgan fingerprint density at radius 3 is 1.55 bits per heavy atom. The van der Waals surface area contributed by atoms with E-state index in [9.17, 15) is 27.2 Å². The zero-order valence-corrected chi connectivity index (χ0v) is 18.5. The van der Waals surface area contributed by atoms with E-state index in [1.165, 1.54) is 14.2 Å². The van der Waals surface area contributed by atoms with Gasteiger partial charge in [0.05, 0.1) is 39.3 Å². The number of rotatable bonds is 13. The number of ether oxygens (including phenoxy) is 2. The summed E-state index contributed by atoms with van der Waals surface area (Å²) in [6.07, 6.45) is -0.0350. The maximum absolute atomic E-state index is 13.2. The first-order valence-electron chi connectivity index (χ1n) is 9.62. The Balaban J connectivity index is 0. The third kappa shape index (κ3) is 15.5. The van der Waals surface area contributed by atoms with Crippen LogP contribution in [-0.4, -0.2) is 51.1 Å². The molecule has 0 aromatic heterocycles. The average Bonchev–Trinajstić information content (AvgIpc) is 2.78. The predicted octanol–water partition coefficient (Wildman–Crippen LogP) is 4.41. The topological polar surface area (TPSA) is 91.3 Å². The number of esters is 2. The van der Waals surface area contributed by atoms with Crippen LogP contribution in [0.5, 0.6) is 0 Å². The molecule has 0 aromatic carbocycles. The average molecular weight is 460 g/mol. The van der Waals surface area contributed by atoms with E-state index in [2.05, 4.69) is 19.2 Å². The van der Waals surface area contributed by atoms with Gasteiger partial charge in [0, 0.05) is 12.8 Å². The molecular weight excluding hydrogens is 428 g/mol. The van der Waals surface area contributed by atoms with Crippen molar-refractivity contribution in [2.75, 3.05) is 34.0 Å². The van der Waals surface area contributed by atoms with Crippen LogP contribution in [0.3, 0.4) is 0 Å². The lowest BCUT2D eigenvalue weighted by Gasteiger charge is -2.08. The van der Waals surface area contributed by atoms with Crippen LogP contribution in [0.15, 0.2) is 23.3 Å². The van der Waals surface area contributed by atoms with Crippen molar-refractivity contribution in [2.45, 2.75) is 46.5 Å². The molecule has 0 bridgehead atoms. The molecule has 0 aliphatic rings. The molecule has 31 heavy (non-hydrogen) atoms. The van der Waals surface area contributed by atoms with Gasteiger partial charge in [-0.2, -0.15) is 0 Å². The Labute approximate surface area is 179 Å². The maximum Gasteiger partial charge on any atom is 0.308 e. The number of hydrogen-bond donors (Lipinski definition) is 1. The smallest absolute Gasteiger partial charge is 0.308 e. The second kappa shape index (κ2) is 18.8. The first-order chi connectivity index (χ1) is 14.5. The van der Waals surface area contributed by atoms with E-state index in [-0.39, 0.29) is 32.3 Å². The van der Waals surface area contributed by atoms with Crippen molar-refractivity contribution in [3.8, 4) is 0 Å². The molecule has 11 heteroatoms. The van der Waals surface area contributed by atoms with Gasteiger partial charge in [0.1, 0.15) is 18.3 Å². The lowest BCUT2D eigenvalue weighted by molar-refractivity contribution is -0.286. The Bertz CT molecular complexity index is 594. The molecular formula is C20H32F4O7. The summed E-state index contributed by atoms with van der Waals surface area (Å²) in [7, 11) is 2.49. The first kappa shape index (κ1) is 31.2. The summed E-state index contributed by atoms with van der Waals surface area (Å²) < 4.78 is 60.2. The van der Waals surface area contributed by atoms with Crippen molar-refractivity contribution in [2.24, 2.45) is 11.8 Å². The summed E-state index contributed by atoms with van der Waals surface area (Å²) in [4.78, 5) is 30.7. The second-order valence-electron chi connectivity index (χ2n) is 6.37. The highest BCUT2D eigenvalue weighted by atomic mass is 19.2. The molecule has 2 atom stereocenters. The number of hydrogen-bond acceptors (Lipinski definition) is 7. The van der Waals surface area contributed by atoms with E-state index >= 15 is 0 Å². The van der Waals surface area contributed by atoms with Crippen LogP contribution in [0.2, 0.25) is 0 Å². The summed E-state index contributed by atoms with van der Waals surface area (Å²) >= 11 is 0. The fourth-order valence-corrected chi connectivity index (χ4v) is 1.94. The van der Waals surface area contributed by atoms with Gasteiger partial charge in [-0.3, -0.25) is 9.59 Å². The minimum atomic E-state index is -1.18. The molecule has 0 aliphatic carbocycles. The van der Waals surface area contributed by atoms with Gasteiger partial charge in [-0.1, -0.05) is 13.8 Å². The van der Waals surface area contributed by atoms with Gasteiger partial charge < -0.3 is 14.6 Å². The number of carbonyl (C=O) groups excluding carboxylic acids is 2. The van der Waals surface area contributed by atoms with Gasteiger partial charge in [0.15, 0.2) is 11.7 Å². The molecule has 0 saturated carbocycles. The zero-order valence-electron chi connectivity index (χ0n) is 18.5. The highest BCUT2D eigenvalue weighted by Crippen LogP contribution is 2.19. The van der Waals surface area contributed by atoms with Crippen molar-refractivity contribution in [1.82, 2.24) is 0 Å². The Kier molecular flexibility index (Phi) is 18.9. The second-order valence-corrected chi connectivity index (χ2v) is 6.37. The van der Waals surface area contributed by atoms with Gasteiger partial charge in [0.2, 0.25) is 0 Å². The number of carbonyl (C=O) groups is 2. The molecule has 0 amide bonds. The number of allylic oxidation sites excluding steroid dienone is 2. The van der Waals surface area contributed by atoms with Gasteiger partial charge in [-0.05, 0) is 19.8 Å². The lowest BCUT2D eigenvalue weighted by atomic mass is 10.1. The van der Waals surface area contributed by atoms with Gasteiger partial charge in [0.25, 0.3) is 0 Å². The van der Waals surface area contributed by atoms with E-state index in [0.717, 1.165) is 0 Å². The van der Waals surface area contributed by atoms with Crippen molar-refractivity contribution in [3.05, 3.63) is 23.3 Å². The van der Waals surface area contributed by atoms with Crippen LogP contribution >= 0.6 is 0 Å². The number of methoxy groups -OCH3 is 2. The molecule has 0 fully saturated rings. The summed E-state index contributed by atoms with van der Waals surface area (Å²) in [6, 6.07) is 0. The van der Waals surface area contributed by atoms with Crippen molar-refractivity contribution >= 4 is 11.9 Å². The van der Waals surface area contributed by atoms with Crippen LogP contribution in [0.1, 0.15) is 46.5 Å². The van der Waals surface area contributed by atoms with Crippen LogP contribution in [0.25, 0.3) is 0 Å². The van der Waals surface area contributed by atoms with E-state index in [0.29, 0.717) is 0 Å². The van der Waals surface area contributed by atoms with Gasteiger partial charge in [-0.15, -0.1) is 0 Å². The Morgan fingerprint density at radius 1 is 0.774 bits per heavy atom. The highest BCUT2D eigenvalue weighted by Gasteiger charge is 2.16. The molecule has 0 radical (unpaired) electrons. The van der Waals surface area contributed by atoms with Gasteiger partial charge >= 0.3 is 11.9 Å². The molecule has 0 aromatic rings. The van der Waals surface area contributed by atoms with Gasteiger partial charge in [-0.25, -0.2) is 27.3 Å². The summed E-state index contributed by atoms with van der Waals surface area (Å²) in [6.45, 7) is 3.57. The normalized spacial score (nSPS) is 14.4. The van der Waals surface area contributed by atoms with Crippen LogP contribution in [0, 0.1) is 11.8 Å². The Hall–Kier alpha value is -1.98. The summed E-state index contributed by atoms with van der Waals surface area (Å²) in [5, 5.41) is 8.26. The van der Waals surface area contributed by atoms with Crippen LogP contribution in [0.4, 0.5) is 17.6 Å². The third-order valence-electron chi connectivity index (χ3n) is 3.92. The van der Waals surface area contributed by atoms with Crippen molar-refractivity contribution in [1.29, 1.82) is 0 Å². The molecule has 0 rings (SSSR count). The monoisotopic (exact) mass is 460 g/mol. The quantitative estimate of drug-likeness (QED) is 0.143. The summed E-state index contributed by atoms with van der Waals surface area (Å²) in [5.74, 6) is -5.98. The van der Waals surface area contributed by atoms with Crippen LogP contribution < -0.4 is 0 Å². The number of aliphatic hydroxyl groups is 1. The fourth-order valence-electron chi connectivity index (χ4n) is 1.94.